The van der Waals surface area contributed by atoms with Crippen molar-refractivity contribution in [3.05, 3.63) is 51.7 Å². The van der Waals surface area contributed by atoms with Crippen LogP contribution in [0.1, 0.15) is 59.0 Å². The molecule has 9 nitrogen and oxygen atoms in total. The average Bonchev–Trinajstić information content (AvgIpc) is 3.35. The molecule has 3 aromatic rings. The van der Waals surface area contributed by atoms with Gasteiger partial charge in [-0.1, -0.05) is 12.8 Å². The van der Waals surface area contributed by atoms with Crippen LogP contribution in [0.3, 0.4) is 0 Å². The Hall–Kier alpha value is -3.49. The van der Waals surface area contributed by atoms with E-state index in [-0.39, 0.29) is 11.5 Å². The summed E-state index contributed by atoms with van der Waals surface area (Å²) in [5, 5.41) is 17.5. The molecule has 1 aliphatic rings. The third-order valence-corrected chi connectivity index (χ3v) is 6.05. The van der Waals surface area contributed by atoms with Crippen LogP contribution in [0.5, 0.6) is 5.75 Å². The van der Waals surface area contributed by atoms with Crippen molar-refractivity contribution in [3.8, 4) is 5.75 Å². The number of pyridine rings is 1. The van der Waals surface area contributed by atoms with Gasteiger partial charge < -0.3 is 15.0 Å². The number of ketones is 1. The molecule has 1 fully saturated rings. The molecule has 0 spiro atoms. The molecular formula is C22H25N5O4. The van der Waals surface area contributed by atoms with Crippen LogP contribution in [0.25, 0.3) is 11.0 Å². The molecule has 3 aromatic heterocycles. The lowest BCUT2D eigenvalue weighted by Gasteiger charge is -2.32. The van der Waals surface area contributed by atoms with E-state index in [1.54, 1.807) is 13.1 Å². The number of aromatic nitrogens is 4. The number of amides is 1. The van der Waals surface area contributed by atoms with Crippen molar-refractivity contribution in [1.29, 1.82) is 0 Å². The summed E-state index contributed by atoms with van der Waals surface area (Å²) in [5.74, 6) is -1.22. The molecule has 0 saturated heterocycles. The second kappa shape index (κ2) is 7.64. The molecule has 162 valence electrons. The fourth-order valence-corrected chi connectivity index (χ4v) is 4.54. The molecule has 4 rings (SSSR count). The Balaban J connectivity index is 1.87. The number of aromatic hydroxyl groups is 1. The van der Waals surface area contributed by atoms with E-state index in [1.807, 2.05) is 23.8 Å². The third-order valence-electron chi connectivity index (χ3n) is 6.05. The van der Waals surface area contributed by atoms with Gasteiger partial charge >= 0.3 is 0 Å². The van der Waals surface area contributed by atoms with E-state index < -0.39 is 22.6 Å². The summed E-state index contributed by atoms with van der Waals surface area (Å²) in [4.78, 5) is 41.2. The van der Waals surface area contributed by atoms with Gasteiger partial charge in [0.05, 0.1) is 18.3 Å². The molecule has 0 radical (unpaired) electrons. The molecule has 1 saturated carbocycles. The van der Waals surface area contributed by atoms with Gasteiger partial charge in [-0.2, -0.15) is 5.10 Å². The maximum atomic E-state index is 12.3. The molecule has 0 bridgehead atoms. The highest BCUT2D eigenvalue weighted by Gasteiger charge is 2.38. The maximum Gasteiger partial charge on any atom is 0.275 e. The van der Waals surface area contributed by atoms with Gasteiger partial charge in [-0.25, -0.2) is 4.98 Å². The molecule has 3 heterocycles. The summed E-state index contributed by atoms with van der Waals surface area (Å²) in [6.07, 6.45) is 8.47. The molecule has 0 aliphatic heterocycles. The first kappa shape index (κ1) is 20.8. The lowest BCUT2D eigenvalue weighted by atomic mass is 9.97. The summed E-state index contributed by atoms with van der Waals surface area (Å²) < 4.78 is 3.49. The van der Waals surface area contributed by atoms with Crippen molar-refractivity contribution < 1.29 is 14.7 Å². The highest BCUT2D eigenvalue weighted by molar-refractivity contribution is 6.06. The second-order valence-corrected chi connectivity index (χ2v) is 8.25. The third kappa shape index (κ3) is 3.49. The van der Waals surface area contributed by atoms with Crippen molar-refractivity contribution >= 4 is 22.7 Å². The van der Waals surface area contributed by atoms with E-state index in [0.29, 0.717) is 12.1 Å². The minimum Gasteiger partial charge on any atom is -0.503 e. The topological polar surface area (TPSA) is 119 Å². The Morgan fingerprint density at radius 1 is 1.26 bits per heavy atom. The van der Waals surface area contributed by atoms with Crippen LogP contribution in [-0.2, 0) is 12.1 Å². The van der Waals surface area contributed by atoms with Crippen molar-refractivity contribution in [2.45, 2.75) is 51.6 Å². The minimum absolute atomic E-state index is 0.0367. The number of hydrogen-bond acceptors (Lipinski definition) is 6. The van der Waals surface area contributed by atoms with Crippen molar-refractivity contribution in [3.63, 3.8) is 0 Å². The van der Waals surface area contributed by atoms with Crippen LogP contribution in [0.4, 0.5) is 0 Å². The average molecular weight is 423 g/mol. The predicted octanol–water partition coefficient (Wildman–Crippen LogP) is 2.14. The largest absolute Gasteiger partial charge is 0.503 e. The van der Waals surface area contributed by atoms with Crippen molar-refractivity contribution in [2.24, 2.45) is 0 Å². The SMILES string of the molecule is CNC(=O)c1nn(CC2(n3cc(C(C)=O)c4cc(C)cnc43)CCCC2)cc(O)c1=O. The fourth-order valence-electron chi connectivity index (χ4n) is 4.54. The van der Waals surface area contributed by atoms with Crippen LogP contribution in [0.15, 0.2) is 29.5 Å². The molecule has 2 N–H and O–H groups in total. The smallest absolute Gasteiger partial charge is 0.275 e. The van der Waals surface area contributed by atoms with Gasteiger partial charge in [-0.05, 0) is 38.3 Å². The van der Waals surface area contributed by atoms with Crippen molar-refractivity contribution in [1.82, 2.24) is 24.6 Å². The Bertz CT molecular complexity index is 1250. The molecule has 31 heavy (non-hydrogen) atoms. The Labute approximate surface area is 178 Å². The molecule has 9 heteroatoms. The number of Topliss-reactive ketones (excluding diaryl/α,β-unsaturated/α-hetero) is 1. The number of aryl methyl sites for hydroxylation is 1. The van der Waals surface area contributed by atoms with E-state index in [4.69, 9.17) is 0 Å². The van der Waals surface area contributed by atoms with E-state index in [2.05, 4.69) is 15.4 Å². The van der Waals surface area contributed by atoms with E-state index >= 15 is 0 Å². The number of carbonyl (C=O) groups excluding carboxylic acids is 2. The number of nitrogens with one attached hydrogen (secondary N) is 1. The lowest BCUT2D eigenvalue weighted by molar-refractivity contribution is 0.0951. The molecule has 1 aliphatic carbocycles. The zero-order valence-corrected chi connectivity index (χ0v) is 17.8. The van der Waals surface area contributed by atoms with Gasteiger partial charge in [0.2, 0.25) is 0 Å². The van der Waals surface area contributed by atoms with Gasteiger partial charge in [0.1, 0.15) is 5.65 Å². The first-order valence-corrected chi connectivity index (χ1v) is 10.3. The van der Waals surface area contributed by atoms with Gasteiger partial charge in [0, 0.05) is 30.4 Å². The maximum absolute atomic E-state index is 12.3. The van der Waals surface area contributed by atoms with Gasteiger partial charge in [0.25, 0.3) is 11.3 Å². The molecule has 0 aromatic carbocycles. The predicted molar refractivity (Wildman–Crippen MR) is 114 cm³/mol. The number of nitrogens with zero attached hydrogens (tertiary/aromatic N) is 4. The Kier molecular flexibility index (Phi) is 5.12. The van der Waals surface area contributed by atoms with Gasteiger partial charge in [-0.15, -0.1) is 0 Å². The summed E-state index contributed by atoms with van der Waals surface area (Å²) in [7, 11) is 1.40. The van der Waals surface area contributed by atoms with Crippen molar-refractivity contribution in [2.75, 3.05) is 7.05 Å². The highest BCUT2D eigenvalue weighted by atomic mass is 16.3. The van der Waals surface area contributed by atoms with Crippen LogP contribution < -0.4 is 10.7 Å². The number of carbonyl (C=O) groups is 2. The molecule has 0 unspecified atom stereocenters. The lowest BCUT2D eigenvalue weighted by Crippen LogP contribution is -2.37. The normalized spacial score (nSPS) is 15.3. The van der Waals surface area contributed by atoms with E-state index in [9.17, 15) is 19.5 Å². The summed E-state index contributed by atoms with van der Waals surface area (Å²) in [6.45, 7) is 3.80. The summed E-state index contributed by atoms with van der Waals surface area (Å²) in [6, 6.07) is 1.96. The standard InChI is InChI=1S/C22H25N5O4/c1-13-8-15-16(14(2)28)10-27(20(15)24-9-13)22(6-4-5-7-22)12-26-11-17(29)19(30)18(25-26)21(31)23-3/h8-11,29H,4-7,12H2,1-3H3,(H,23,31). The molecule has 0 atom stereocenters. The molecular weight excluding hydrogens is 398 g/mol. The zero-order valence-electron chi connectivity index (χ0n) is 17.8. The van der Waals surface area contributed by atoms with Crippen LogP contribution in [0, 0.1) is 6.92 Å². The van der Waals surface area contributed by atoms with E-state index in [1.165, 1.54) is 17.9 Å². The van der Waals surface area contributed by atoms with Crippen LogP contribution in [-0.4, -0.2) is 43.2 Å². The quantitative estimate of drug-likeness (QED) is 0.607. The summed E-state index contributed by atoms with van der Waals surface area (Å²) in [5.41, 5.74) is 0.678. The first-order chi connectivity index (χ1) is 14.8. The first-order valence-electron chi connectivity index (χ1n) is 10.3. The van der Waals surface area contributed by atoms with E-state index in [0.717, 1.165) is 42.3 Å². The van der Waals surface area contributed by atoms with Gasteiger partial charge in [0.15, 0.2) is 17.2 Å². The number of fused-ring (bicyclic) bond motifs is 1. The summed E-state index contributed by atoms with van der Waals surface area (Å²) >= 11 is 0. The van der Waals surface area contributed by atoms with Gasteiger partial charge in [-0.3, -0.25) is 19.1 Å². The fraction of sp³-hybridized carbons (Fsp3) is 0.409. The Morgan fingerprint density at radius 3 is 2.61 bits per heavy atom. The Morgan fingerprint density at radius 2 is 1.97 bits per heavy atom. The molecule has 1 amide bonds. The van der Waals surface area contributed by atoms with Crippen LogP contribution in [0.2, 0.25) is 0 Å². The van der Waals surface area contributed by atoms with Crippen LogP contribution >= 0.6 is 0 Å². The monoisotopic (exact) mass is 423 g/mol. The second-order valence-electron chi connectivity index (χ2n) is 8.25. The zero-order chi connectivity index (χ0) is 22.3. The minimum atomic E-state index is -0.807. The highest BCUT2D eigenvalue weighted by Crippen LogP contribution is 2.41. The number of hydrogen-bond donors (Lipinski definition) is 2. The number of rotatable bonds is 5.